The number of piperidine rings is 1. The van der Waals surface area contributed by atoms with Crippen LogP contribution in [0.15, 0.2) is 45.6 Å². The van der Waals surface area contributed by atoms with E-state index in [-0.39, 0.29) is 12.5 Å². The fourth-order valence-corrected chi connectivity index (χ4v) is 4.37. The topological polar surface area (TPSA) is 68.5 Å². The highest BCUT2D eigenvalue weighted by molar-refractivity contribution is 7.08. The summed E-state index contributed by atoms with van der Waals surface area (Å²) in [6, 6.07) is 9.95. The predicted octanol–water partition coefficient (Wildman–Crippen LogP) is 4.78. The van der Waals surface area contributed by atoms with Gasteiger partial charge in [-0.05, 0) is 53.8 Å². The lowest BCUT2D eigenvalue weighted by Gasteiger charge is -2.32. The van der Waals surface area contributed by atoms with E-state index in [2.05, 4.69) is 36.1 Å². The first-order valence-corrected chi connectivity index (χ1v) is 11.4. The predicted molar refractivity (Wildman–Crippen MR) is 117 cm³/mol. The van der Waals surface area contributed by atoms with Gasteiger partial charge in [0.05, 0.1) is 0 Å². The number of carbonyl (C=O) groups excluding carboxylic acids is 1. The van der Waals surface area contributed by atoms with E-state index in [1.54, 1.807) is 11.3 Å². The zero-order chi connectivity index (χ0) is 20.9. The summed E-state index contributed by atoms with van der Waals surface area (Å²) in [7, 11) is 0. The minimum absolute atomic E-state index is 0.0251. The van der Waals surface area contributed by atoms with Crippen LogP contribution in [0, 0.1) is 5.92 Å². The molecular formula is C23H27N3O3S. The second-order valence-corrected chi connectivity index (χ2v) is 8.87. The highest BCUT2D eigenvalue weighted by Gasteiger charge is 2.26. The number of amides is 1. The van der Waals surface area contributed by atoms with Crippen molar-refractivity contribution >= 4 is 17.2 Å². The Morgan fingerprint density at radius 2 is 2.13 bits per heavy atom. The molecule has 1 aromatic carbocycles. The quantitative estimate of drug-likeness (QED) is 0.545. The molecule has 1 saturated heterocycles. The van der Waals surface area contributed by atoms with Crippen LogP contribution in [0.25, 0.3) is 11.4 Å². The summed E-state index contributed by atoms with van der Waals surface area (Å²) in [6.45, 7) is 5.85. The fraction of sp³-hybridized carbons (Fsp3) is 0.435. The minimum atomic E-state index is 0.0251. The number of thiophene rings is 1. The molecule has 3 heterocycles. The Kier molecular flexibility index (Phi) is 6.47. The van der Waals surface area contributed by atoms with E-state index in [1.807, 2.05) is 33.9 Å². The Hall–Kier alpha value is -2.67. The van der Waals surface area contributed by atoms with Gasteiger partial charge in [0, 0.05) is 30.5 Å². The smallest absolute Gasteiger partial charge is 0.260 e. The molecule has 3 aromatic rings. The van der Waals surface area contributed by atoms with Gasteiger partial charge in [-0.3, -0.25) is 4.79 Å². The Balaban J connectivity index is 1.28. The summed E-state index contributed by atoms with van der Waals surface area (Å²) >= 11 is 1.61. The maximum Gasteiger partial charge on any atom is 0.260 e. The SMILES string of the molecule is CC(C)c1ccc(OCC(=O)N2CCCC(Cc3nc(-c4ccsc4)no3)C2)cc1. The zero-order valence-electron chi connectivity index (χ0n) is 17.4. The Morgan fingerprint density at radius 1 is 1.30 bits per heavy atom. The van der Waals surface area contributed by atoms with Crippen LogP contribution >= 0.6 is 11.3 Å². The van der Waals surface area contributed by atoms with Crippen LogP contribution in [0.5, 0.6) is 5.75 Å². The van der Waals surface area contributed by atoms with Crippen molar-refractivity contribution in [3.63, 3.8) is 0 Å². The maximum absolute atomic E-state index is 12.7. The number of rotatable bonds is 7. The standard InChI is InChI=1S/C23H27N3O3S/c1-16(2)18-5-7-20(8-6-18)28-14-22(27)26-10-3-4-17(13-26)12-21-24-23(25-29-21)19-9-11-30-15-19/h5-9,11,15-17H,3-4,10,12-14H2,1-2H3. The Bertz CT molecular complexity index is 951. The summed E-state index contributed by atoms with van der Waals surface area (Å²) in [5.41, 5.74) is 2.24. The lowest BCUT2D eigenvalue weighted by Crippen LogP contribution is -2.42. The normalized spacial score (nSPS) is 16.8. The van der Waals surface area contributed by atoms with E-state index < -0.39 is 0 Å². The maximum atomic E-state index is 12.7. The second kappa shape index (κ2) is 9.43. The molecule has 0 radical (unpaired) electrons. The number of benzene rings is 1. The molecule has 1 amide bonds. The third-order valence-corrected chi connectivity index (χ3v) is 6.17. The number of carbonyl (C=O) groups is 1. The molecule has 158 valence electrons. The molecule has 1 aliphatic rings. The van der Waals surface area contributed by atoms with Gasteiger partial charge in [0.1, 0.15) is 5.75 Å². The zero-order valence-corrected chi connectivity index (χ0v) is 18.2. The third kappa shape index (κ3) is 5.08. The second-order valence-electron chi connectivity index (χ2n) is 8.09. The fourth-order valence-electron chi connectivity index (χ4n) is 3.74. The van der Waals surface area contributed by atoms with Crippen molar-refractivity contribution in [2.24, 2.45) is 5.92 Å². The van der Waals surface area contributed by atoms with E-state index >= 15 is 0 Å². The summed E-state index contributed by atoms with van der Waals surface area (Å²) in [5, 5.41) is 8.08. The number of hydrogen-bond donors (Lipinski definition) is 0. The van der Waals surface area contributed by atoms with E-state index in [1.165, 1.54) is 5.56 Å². The van der Waals surface area contributed by atoms with E-state index in [9.17, 15) is 4.79 Å². The molecule has 1 fully saturated rings. The van der Waals surface area contributed by atoms with E-state index in [4.69, 9.17) is 9.26 Å². The molecule has 7 heteroatoms. The van der Waals surface area contributed by atoms with E-state index in [0.717, 1.165) is 30.7 Å². The lowest BCUT2D eigenvalue weighted by molar-refractivity contribution is -0.135. The van der Waals surface area contributed by atoms with Crippen LogP contribution in [0.4, 0.5) is 0 Å². The molecule has 1 unspecified atom stereocenters. The number of aromatic nitrogens is 2. The molecular weight excluding hydrogens is 398 g/mol. The van der Waals surface area contributed by atoms with Crippen LogP contribution < -0.4 is 4.74 Å². The first kappa shape index (κ1) is 20.6. The third-order valence-electron chi connectivity index (χ3n) is 5.49. The average molecular weight is 426 g/mol. The molecule has 2 aromatic heterocycles. The van der Waals surface area contributed by atoms with Gasteiger partial charge in [-0.15, -0.1) is 0 Å². The van der Waals surface area contributed by atoms with Crippen LogP contribution in [0.3, 0.4) is 0 Å². The van der Waals surface area contributed by atoms with Gasteiger partial charge in [-0.25, -0.2) is 0 Å². The van der Waals surface area contributed by atoms with Crippen LogP contribution in [0.2, 0.25) is 0 Å². The Morgan fingerprint density at radius 3 is 2.87 bits per heavy atom. The highest BCUT2D eigenvalue weighted by Crippen LogP contribution is 2.24. The lowest BCUT2D eigenvalue weighted by atomic mass is 9.95. The number of ether oxygens (including phenoxy) is 1. The van der Waals surface area contributed by atoms with Crippen molar-refractivity contribution < 1.29 is 14.1 Å². The van der Waals surface area contributed by atoms with Gasteiger partial charge in [-0.2, -0.15) is 16.3 Å². The van der Waals surface area contributed by atoms with Gasteiger partial charge in [0.15, 0.2) is 6.61 Å². The number of hydrogen-bond acceptors (Lipinski definition) is 6. The van der Waals surface area contributed by atoms with Crippen LogP contribution in [0.1, 0.15) is 44.1 Å². The molecule has 4 rings (SSSR count). The van der Waals surface area contributed by atoms with Crippen molar-refractivity contribution in [3.8, 4) is 17.1 Å². The average Bonchev–Trinajstić information content (AvgIpc) is 3.44. The molecule has 0 bridgehead atoms. The number of likely N-dealkylation sites (tertiary alicyclic amines) is 1. The first-order valence-electron chi connectivity index (χ1n) is 10.4. The van der Waals surface area contributed by atoms with Gasteiger partial charge >= 0.3 is 0 Å². The molecule has 6 nitrogen and oxygen atoms in total. The Labute approximate surface area is 180 Å². The summed E-state index contributed by atoms with van der Waals surface area (Å²) < 4.78 is 11.2. The van der Waals surface area contributed by atoms with Gasteiger partial charge < -0.3 is 14.2 Å². The molecule has 1 aliphatic heterocycles. The van der Waals surface area contributed by atoms with Gasteiger partial charge in [0.2, 0.25) is 11.7 Å². The first-order chi connectivity index (χ1) is 14.6. The van der Waals surface area contributed by atoms with Gasteiger partial charge in [0.25, 0.3) is 5.91 Å². The van der Waals surface area contributed by atoms with Crippen LogP contribution in [-0.2, 0) is 11.2 Å². The van der Waals surface area contributed by atoms with Crippen molar-refractivity contribution in [2.45, 2.75) is 39.0 Å². The van der Waals surface area contributed by atoms with E-state index in [0.29, 0.717) is 36.5 Å². The summed E-state index contributed by atoms with van der Waals surface area (Å²) in [6.07, 6.45) is 2.72. The van der Waals surface area contributed by atoms with Crippen molar-refractivity contribution in [2.75, 3.05) is 19.7 Å². The van der Waals surface area contributed by atoms with Crippen LogP contribution in [-0.4, -0.2) is 40.6 Å². The molecule has 0 N–H and O–H groups in total. The summed E-state index contributed by atoms with van der Waals surface area (Å²) in [4.78, 5) is 19.1. The largest absolute Gasteiger partial charge is 0.484 e. The molecule has 0 spiro atoms. The van der Waals surface area contributed by atoms with Gasteiger partial charge in [-0.1, -0.05) is 31.1 Å². The molecule has 1 atom stereocenters. The van der Waals surface area contributed by atoms with Crippen molar-refractivity contribution in [1.29, 1.82) is 0 Å². The highest BCUT2D eigenvalue weighted by atomic mass is 32.1. The monoisotopic (exact) mass is 425 g/mol. The van der Waals surface area contributed by atoms with Crippen molar-refractivity contribution in [1.82, 2.24) is 15.0 Å². The minimum Gasteiger partial charge on any atom is -0.484 e. The summed E-state index contributed by atoms with van der Waals surface area (Å²) in [5.74, 6) is 2.82. The molecule has 0 saturated carbocycles. The number of nitrogens with zero attached hydrogens (tertiary/aromatic N) is 3. The molecule has 0 aliphatic carbocycles. The van der Waals surface area contributed by atoms with Crippen molar-refractivity contribution in [3.05, 3.63) is 52.5 Å². The molecule has 30 heavy (non-hydrogen) atoms.